The van der Waals surface area contributed by atoms with Crippen LogP contribution in [0.4, 0.5) is 5.69 Å². The summed E-state index contributed by atoms with van der Waals surface area (Å²) >= 11 is 7.37. The maximum atomic E-state index is 12.3. The number of benzene rings is 1. The monoisotopic (exact) mass is 280 g/mol. The van der Waals surface area contributed by atoms with Crippen molar-refractivity contribution in [3.63, 3.8) is 0 Å². The minimum Gasteiger partial charge on any atom is -0.397 e. The van der Waals surface area contributed by atoms with Crippen LogP contribution in [0.1, 0.15) is 22.5 Å². The number of hydrogen-bond acceptors (Lipinski definition) is 3. The number of fused-ring (bicyclic) bond motifs is 1. The Labute approximate surface area is 114 Å². The lowest BCUT2D eigenvalue weighted by Crippen LogP contribution is -2.28. The Balaban J connectivity index is 2.06. The van der Waals surface area contributed by atoms with Crippen LogP contribution in [0.15, 0.2) is 18.2 Å². The van der Waals surface area contributed by atoms with Gasteiger partial charge in [-0.1, -0.05) is 11.6 Å². The number of nitrogens with two attached hydrogens (primary N) is 1. The highest BCUT2D eigenvalue weighted by Crippen LogP contribution is 2.37. The van der Waals surface area contributed by atoms with E-state index in [1.165, 1.54) is 11.3 Å². The van der Waals surface area contributed by atoms with E-state index in [4.69, 9.17) is 17.3 Å². The molecule has 1 saturated carbocycles. The molecule has 2 aromatic rings. The third kappa shape index (κ3) is 1.85. The molecule has 94 valence electrons. The molecule has 1 aromatic carbocycles. The highest BCUT2D eigenvalue weighted by molar-refractivity contribution is 7.21. The van der Waals surface area contributed by atoms with Crippen molar-refractivity contribution in [1.82, 2.24) is 4.90 Å². The molecule has 1 amide bonds. The van der Waals surface area contributed by atoms with Crippen molar-refractivity contribution >= 4 is 44.6 Å². The van der Waals surface area contributed by atoms with E-state index in [1.807, 2.05) is 19.2 Å². The lowest BCUT2D eigenvalue weighted by Gasteiger charge is -2.15. The summed E-state index contributed by atoms with van der Waals surface area (Å²) in [7, 11) is 1.84. The summed E-state index contributed by atoms with van der Waals surface area (Å²) in [6.07, 6.45) is 2.19. The van der Waals surface area contributed by atoms with Crippen LogP contribution in [0.5, 0.6) is 0 Å². The fourth-order valence-electron chi connectivity index (χ4n) is 2.04. The summed E-state index contributed by atoms with van der Waals surface area (Å²) in [6, 6.07) is 5.92. The number of anilines is 1. The van der Waals surface area contributed by atoms with Crippen LogP contribution in [0.3, 0.4) is 0 Å². The van der Waals surface area contributed by atoms with Crippen molar-refractivity contribution in [1.29, 1.82) is 0 Å². The standard InChI is InChI=1S/C13H13ClN2OS/c1-16(8-3-4-8)13(17)12-11(15)9-5-2-7(14)6-10(9)18-12/h2,5-6,8H,3-4,15H2,1H3. The van der Waals surface area contributed by atoms with Gasteiger partial charge in [-0.05, 0) is 31.0 Å². The van der Waals surface area contributed by atoms with Gasteiger partial charge < -0.3 is 10.6 Å². The molecule has 5 heteroatoms. The SMILES string of the molecule is CN(C(=O)c1sc2cc(Cl)ccc2c1N)C1CC1. The van der Waals surface area contributed by atoms with Crippen molar-refractivity contribution in [3.05, 3.63) is 28.1 Å². The van der Waals surface area contributed by atoms with Crippen LogP contribution in [0.2, 0.25) is 5.02 Å². The molecule has 0 spiro atoms. The number of halogens is 1. The third-order valence-electron chi connectivity index (χ3n) is 3.30. The van der Waals surface area contributed by atoms with Crippen molar-refractivity contribution < 1.29 is 4.79 Å². The van der Waals surface area contributed by atoms with Crippen molar-refractivity contribution in [2.45, 2.75) is 18.9 Å². The van der Waals surface area contributed by atoms with Gasteiger partial charge in [0.25, 0.3) is 5.91 Å². The maximum absolute atomic E-state index is 12.3. The van der Waals surface area contributed by atoms with E-state index in [1.54, 1.807) is 11.0 Å². The van der Waals surface area contributed by atoms with Crippen molar-refractivity contribution in [3.8, 4) is 0 Å². The smallest absolute Gasteiger partial charge is 0.266 e. The van der Waals surface area contributed by atoms with Gasteiger partial charge in [0.05, 0.1) is 5.69 Å². The Morgan fingerprint density at radius 1 is 1.50 bits per heavy atom. The highest BCUT2D eigenvalue weighted by atomic mass is 35.5. The average molecular weight is 281 g/mol. The summed E-state index contributed by atoms with van der Waals surface area (Å²) in [4.78, 5) is 14.7. The van der Waals surface area contributed by atoms with E-state index in [9.17, 15) is 4.79 Å². The summed E-state index contributed by atoms with van der Waals surface area (Å²) in [5, 5.41) is 1.58. The van der Waals surface area contributed by atoms with Crippen LogP contribution >= 0.6 is 22.9 Å². The molecule has 18 heavy (non-hydrogen) atoms. The molecule has 2 N–H and O–H groups in total. The Bertz CT molecular complexity index is 633. The van der Waals surface area contributed by atoms with Crippen LogP contribution in [-0.4, -0.2) is 23.9 Å². The first kappa shape index (κ1) is 11.8. The van der Waals surface area contributed by atoms with Gasteiger partial charge in [-0.15, -0.1) is 11.3 Å². The molecule has 1 aromatic heterocycles. The molecule has 0 radical (unpaired) electrons. The third-order valence-corrected chi connectivity index (χ3v) is 4.69. The van der Waals surface area contributed by atoms with Crippen LogP contribution < -0.4 is 5.73 Å². The number of rotatable bonds is 2. The normalized spacial score (nSPS) is 15.0. The van der Waals surface area contributed by atoms with E-state index in [2.05, 4.69) is 0 Å². The van der Waals surface area contributed by atoms with Crippen molar-refractivity contribution in [2.24, 2.45) is 0 Å². The fraction of sp³-hybridized carbons (Fsp3) is 0.308. The van der Waals surface area contributed by atoms with Gasteiger partial charge in [-0.3, -0.25) is 4.79 Å². The molecule has 0 saturated heterocycles. The second-order valence-corrected chi connectivity index (χ2v) is 6.12. The summed E-state index contributed by atoms with van der Waals surface area (Å²) in [5.41, 5.74) is 6.64. The Morgan fingerprint density at radius 3 is 2.89 bits per heavy atom. The highest BCUT2D eigenvalue weighted by Gasteiger charge is 2.31. The molecule has 1 heterocycles. The topological polar surface area (TPSA) is 46.3 Å². The van der Waals surface area contributed by atoms with E-state index in [0.717, 1.165) is 22.9 Å². The molecule has 1 fully saturated rings. The fourth-order valence-corrected chi connectivity index (χ4v) is 3.42. The van der Waals surface area contributed by atoms with E-state index >= 15 is 0 Å². The Morgan fingerprint density at radius 2 is 2.22 bits per heavy atom. The molecule has 1 aliphatic rings. The molecule has 0 aliphatic heterocycles. The number of carbonyl (C=O) groups is 1. The molecule has 0 bridgehead atoms. The number of carbonyl (C=O) groups excluding carboxylic acids is 1. The lowest BCUT2D eigenvalue weighted by atomic mass is 10.2. The van der Waals surface area contributed by atoms with E-state index < -0.39 is 0 Å². The van der Waals surface area contributed by atoms with Crippen molar-refractivity contribution in [2.75, 3.05) is 12.8 Å². The maximum Gasteiger partial charge on any atom is 0.266 e. The molecule has 0 atom stereocenters. The predicted molar refractivity (Wildman–Crippen MR) is 76.4 cm³/mol. The molecule has 0 unspecified atom stereocenters. The van der Waals surface area contributed by atoms with Gasteiger partial charge in [0.15, 0.2) is 0 Å². The first-order valence-electron chi connectivity index (χ1n) is 5.82. The van der Waals surface area contributed by atoms with E-state index in [0.29, 0.717) is 21.6 Å². The van der Waals surface area contributed by atoms with Crippen LogP contribution in [0.25, 0.3) is 10.1 Å². The Hall–Kier alpha value is -1.26. The largest absolute Gasteiger partial charge is 0.397 e. The zero-order valence-corrected chi connectivity index (χ0v) is 11.5. The van der Waals surface area contributed by atoms with Crippen LogP contribution in [-0.2, 0) is 0 Å². The second-order valence-electron chi connectivity index (χ2n) is 4.63. The van der Waals surface area contributed by atoms with Gasteiger partial charge >= 0.3 is 0 Å². The van der Waals surface area contributed by atoms with Gasteiger partial charge in [-0.25, -0.2) is 0 Å². The van der Waals surface area contributed by atoms with Crippen LogP contribution in [0, 0.1) is 0 Å². The molecular weight excluding hydrogens is 268 g/mol. The molecule has 3 nitrogen and oxygen atoms in total. The van der Waals surface area contributed by atoms with Gasteiger partial charge in [0.1, 0.15) is 4.88 Å². The van der Waals surface area contributed by atoms with Gasteiger partial charge in [0, 0.05) is 28.2 Å². The number of nitrogens with zero attached hydrogens (tertiary/aromatic N) is 1. The first-order chi connectivity index (χ1) is 8.58. The van der Waals surface area contributed by atoms with Gasteiger partial charge in [0.2, 0.25) is 0 Å². The summed E-state index contributed by atoms with van der Waals surface area (Å²) in [5.74, 6) is 0.0207. The minimum absolute atomic E-state index is 0.0207. The zero-order valence-electron chi connectivity index (χ0n) is 9.94. The second kappa shape index (κ2) is 4.14. The minimum atomic E-state index is 0.0207. The predicted octanol–water partition coefficient (Wildman–Crippen LogP) is 3.37. The average Bonchev–Trinajstić information content (AvgIpc) is 3.13. The summed E-state index contributed by atoms with van der Waals surface area (Å²) in [6.45, 7) is 0. The lowest BCUT2D eigenvalue weighted by molar-refractivity contribution is 0.0791. The van der Waals surface area contributed by atoms with E-state index in [-0.39, 0.29) is 5.91 Å². The number of nitrogen functional groups attached to an aromatic ring is 1. The molecule has 1 aliphatic carbocycles. The number of amides is 1. The van der Waals surface area contributed by atoms with Gasteiger partial charge in [-0.2, -0.15) is 0 Å². The quantitative estimate of drug-likeness (QED) is 0.917. The summed E-state index contributed by atoms with van der Waals surface area (Å²) < 4.78 is 0.965. The first-order valence-corrected chi connectivity index (χ1v) is 7.02. The number of thiophene rings is 1. The zero-order chi connectivity index (χ0) is 12.9. The molecule has 3 rings (SSSR count). The molecular formula is C13H13ClN2OS. The number of hydrogen-bond donors (Lipinski definition) is 1. The Kier molecular flexibility index (Phi) is 2.72.